The van der Waals surface area contributed by atoms with Crippen molar-refractivity contribution in [2.75, 3.05) is 72.4 Å². The standard InChI is InChI=1S/C33H57N5O8/c34-16-6-4-11-29(39)13-20-43-25-33(26-44-21-14-30(40)12-5-7-17-35,27-45-22-15-31(41)37-19-8-18-36)38-23-32(42)46-24-28-9-2-1-3-10-28/h1-3,9-10,38H,4-8,11-27,34-36H2,(H,37,41). The van der Waals surface area contributed by atoms with Gasteiger partial charge in [-0.2, -0.15) is 0 Å². The number of benzene rings is 1. The van der Waals surface area contributed by atoms with Crippen molar-refractivity contribution in [3.8, 4) is 0 Å². The van der Waals surface area contributed by atoms with Crippen LogP contribution in [0, 0.1) is 0 Å². The van der Waals surface area contributed by atoms with E-state index >= 15 is 0 Å². The molecule has 0 saturated carbocycles. The Morgan fingerprint density at radius 2 is 1.17 bits per heavy atom. The summed E-state index contributed by atoms with van der Waals surface area (Å²) in [5, 5.41) is 5.98. The van der Waals surface area contributed by atoms with Gasteiger partial charge in [-0.05, 0) is 57.3 Å². The van der Waals surface area contributed by atoms with Gasteiger partial charge in [0.25, 0.3) is 0 Å². The normalized spacial score (nSPS) is 11.4. The molecule has 8 N–H and O–H groups in total. The highest BCUT2D eigenvalue weighted by Gasteiger charge is 2.32. The van der Waals surface area contributed by atoms with Gasteiger partial charge in [-0.25, -0.2) is 0 Å². The second-order valence-corrected chi connectivity index (χ2v) is 11.2. The maximum Gasteiger partial charge on any atom is 0.320 e. The van der Waals surface area contributed by atoms with Gasteiger partial charge in [0.2, 0.25) is 5.91 Å². The van der Waals surface area contributed by atoms with Gasteiger partial charge in [0.15, 0.2) is 0 Å². The van der Waals surface area contributed by atoms with E-state index in [0.717, 1.165) is 31.2 Å². The molecular weight excluding hydrogens is 594 g/mol. The van der Waals surface area contributed by atoms with Crippen LogP contribution in [0.4, 0.5) is 0 Å². The Bertz CT molecular complexity index is 893. The van der Waals surface area contributed by atoms with Crippen molar-refractivity contribution in [1.29, 1.82) is 0 Å². The van der Waals surface area contributed by atoms with Gasteiger partial charge in [-0.1, -0.05) is 30.3 Å². The van der Waals surface area contributed by atoms with E-state index in [0.29, 0.717) is 45.4 Å². The van der Waals surface area contributed by atoms with Crippen molar-refractivity contribution in [2.24, 2.45) is 17.2 Å². The van der Waals surface area contributed by atoms with Gasteiger partial charge < -0.3 is 41.5 Å². The predicted octanol–water partition coefficient (Wildman–Crippen LogP) is 1.14. The van der Waals surface area contributed by atoms with Gasteiger partial charge in [-0.15, -0.1) is 0 Å². The number of ether oxygens (including phenoxy) is 4. The van der Waals surface area contributed by atoms with Crippen LogP contribution in [0.2, 0.25) is 0 Å². The molecule has 1 aromatic carbocycles. The Morgan fingerprint density at radius 1 is 0.652 bits per heavy atom. The monoisotopic (exact) mass is 651 g/mol. The van der Waals surface area contributed by atoms with Crippen molar-refractivity contribution >= 4 is 23.4 Å². The fourth-order valence-corrected chi connectivity index (χ4v) is 4.27. The molecule has 0 aliphatic rings. The van der Waals surface area contributed by atoms with Gasteiger partial charge in [0.05, 0.1) is 51.7 Å². The molecule has 0 bridgehead atoms. The number of ketones is 2. The van der Waals surface area contributed by atoms with E-state index in [2.05, 4.69) is 10.6 Å². The lowest BCUT2D eigenvalue weighted by Crippen LogP contribution is -2.58. The topological polar surface area (TPSA) is 207 Å². The predicted molar refractivity (Wildman–Crippen MR) is 176 cm³/mol. The first-order valence-corrected chi connectivity index (χ1v) is 16.4. The molecule has 1 rings (SSSR count). The molecule has 262 valence electrons. The van der Waals surface area contributed by atoms with Crippen LogP contribution in [0.15, 0.2) is 30.3 Å². The van der Waals surface area contributed by atoms with E-state index in [1.165, 1.54) is 0 Å². The molecule has 0 aromatic heterocycles. The average Bonchev–Trinajstić information content (AvgIpc) is 3.06. The summed E-state index contributed by atoms with van der Waals surface area (Å²) in [4.78, 5) is 49.4. The highest BCUT2D eigenvalue weighted by atomic mass is 16.5. The average molecular weight is 652 g/mol. The number of unbranched alkanes of at least 4 members (excludes halogenated alkanes) is 2. The maximum atomic E-state index is 12.7. The summed E-state index contributed by atoms with van der Waals surface area (Å²) in [5.74, 6) is -0.487. The minimum absolute atomic E-state index is 0.0317. The van der Waals surface area contributed by atoms with E-state index < -0.39 is 11.5 Å². The highest BCUT2D eigenvalue weighted by Crippen LogP contribution is 2.12. The second kappa shape index (κ2) is 27.3. The summed E-state index contributed by atoms with van der Waals surface area (Å²) in [6.07, 6.45) is 5.21. The van der Waals surface area contributed by atoms with Gasteiger partial charge in [0, 0.05) is 38.6 Å². The highest BCUT2D eigenvalue weighted by molar-refractivity contribution is 5.78. The van der Waals surface area contributed by atoms with E-state index in [4.69, 9.17) is 36.1 Å². The van der Waals surface area contributed by atoms with Crippen molar-refractivity contribution < 1.29 is 38.1 Å². The molecule has 0 atom stereocenters. The third-order valence-corrected chi connectivity index (χ3v) is 7.03. The molecule has 0 aliphatic heterocycles. The maximum absolute atomic E-state index is 12.7. The minimum atomic E-state index is -1.03. The number of carbonyl (C=O) groups is 4. The fourth-order valence-electron chi connectivity index (χ4n) is 4.27. The lowest BCUT2D eigenvalue weighted by molar-refractivity contribution is -0.145. The van der Waals surface area contributed by atoms with Gasteiger partial charge in [0.1, 0.15) is 18.2 Å². The quantitative estimate of drug-likeness (QED) is 0.0566. The summed E-state index contributed by atoms with van der Waals surface area (Å²) in [6.45, 7) is 2.60. The van der Waals surface area contributed by atoms with Gasteiger partial charge in [-0.3, -0.25) is 24.5 Å². The molecule has 0 fully saturated rings. The van der Waals surface area contributed by atoms with E-state index in [1.807, 2.05) is 30.3 Å². The number of Topliss-reactive ketones (excluding diaryl/α,β-unsaturated/α-hetero) is 2. The lowest BCUT2D eigenvalue weighted by atomic mass is 10.0. The van der Waals surface area contributed by atoms with E-state index in [1.54, 1.807) is 0 Å². The first-order chi connectivity index (χ1) is 22.3. The SMILES string of the molecule is NCCCCC(=O)CCOCC(COCCC(=O)CCCCN)(COCCC(=O)NCCCN)NCC(=O)OCc1ccccc1. The molecule has 0 unspecified atom stereocenters. The van der Waals surface area contributed by atoms with Gasteiger partial charge >= 0.3 is 5.97 Å². The molecule has 1 amide bonds. The molecular formula is C33H57N5O8. The molecule has 46 heavy (non-hydrogen) atoms. The number of nitrogens with one attached hydrogen (secondary N) is 2. The van der Waals surface area contributed by atoms with Crippen molar-refractivity contribution in [3.63, 3.8) is 0 Å². The molecule has 0 spiro atoms. The lowest BCUT2D eigenvalue weighted by Gasteiger charge is -2.34. The zero-order valence-corrected chi connectivity index (χ0v) is 27.4. The molecule has 13 heteroatoms. The Hall–Kier alpha value is -2.78. The largest absolute Gasteiger partial charge is 0.460 e. The van der Waals surface area contributed by atoms with E-state index in [-0.39, 0.29) is 89.5 Å². The first-order valence-electron chi connectivity index (χ1n) is 16.4. The zero-order chi connectivity index (χ0) is 33.7. The van der Waals surface area contributed by atoms with Crippen molar-refractivity contribution in [2.45, 2.75) is 76.4 Å². The minimum Gasteiger partial charge on any atom is -0.460 e. The third-order valence-electron chi connectivity index (χ3n) is 7.03. The van der Waals surface area contributed by atoms with Crippen molar-refractivity contribution in [3.05, 3.63) is 35.9 Å². The fraction of sp³-hybridized carbons (Fsp3) is 0.697. The van der Waals surface area contributed by atoms with Crippen LogP contribution in [0.5, 0.6) is 0 Å². The molecule has 1 aromatic rings. The molecule has 0 heterocycles. The summed E-state index contributed by atoms with van der Waals surface area (Å²) in [7, 11) is 0. The smallest absolute Gasteiger partial charge is 0.320 e. The molecule has 0 radical (unpaired) electrons. The Balaban J connectivity index is 2.87. The van der Waals surface area contributed by atoms with Crippen LogP contribution in [-0.2, 0) is 44.7 Å². The summed E-state index contributed by atoms with van der Waals surface area (Å²) in [5.41, 5.74) is 16.3. The number of hydrogen-bond donors (Lipinski definition) is 5. The number of hydrogen-bond acceptors (Lipinski definition) is 12. The molecule has 13 nitrogen and oxygen atoms in total. The number of amides is 1. The van der Waals surface area contributed by atoms with Crippen LogP contribution in [0.1, 0.15) is 69.8 Å². The van der Waals surface area contributed by atoms with Crippen LogP contribution in [-0.4, -0.2) is 101 Å². The Kier molecular flexibility index (Phi) is 24.5. The van der Waals surface area contributed by atoms with Crippen LogP contribution >= 0.6 is 0 Å². The van der Waals surface area contributed by atoms with Crippen LogP contribution in [0.3, 0.4) is 0 Å². The molecule has 0 saturated heterocycles. The number of nitrogens with two attached hydrogens (primary N) is 3. The second-order valence-electron chi connectivity index (χ2n) is 11.2. The van der Waals surface area contributed by atoms with Crippen LogP contribution in [0.25, 0.3) is 0 Å². The van der Waals surface area contributed by atoms with Crippen LogP contribution < -0.4 is 27.8 Å². The molecule has 0 aliphatic carbocycles. The Morgan fingerprint density at radius 3 is 1.70 bits per heavy atom. The Labute approximate surface area is 274 Å². The summed E-state index contributed by atoms with van der Waals surface area (Å²) >= 11 is 0. The van der Waals surface area contributed by atoms with E-state index in [9.17, 15) is 19.2 Å². The van der Waals surface area contributed by atoms with Crippen molar-refractivity contribution in [1.82, 2.24) is 10.6 Å². The number of rotatable bonds is 31. The zero-order valence-electron chi connectivity index (χ0n) is 27.4. The summed E-state index contributed by atoms with van der Waals surface area (Å²) in [6, 6.07) is 9.33. The first kappa shape index (κ1) is 41.2. The number of carbonyl (C=O) groups excluding carboxylic acids is 4. The third kappa shape index (κ3) is 21.9. The number of esters is 1. The summed E-state index contributed by atoms with van der Waals surface area (Å²) < 4.78 is 23.2.